The van der Waals surface area contributed by atoms with Crippen LogP contribution in [0, 0.1) is 0 Å². The standard InChI is InChI=1S/C18H16O2/c1-13(19)17-8-4-5-9-18(17)20-16-11-10-14-6-2-3-7-15(14)12-16/h2-13,19H,1H3/t13-/m0/s1. The molecule has 100 valence electrons. The Morgan fingerprint density at radius 3 is 2.35 bits per heavy atom. The van der Waals surface area contributed by atoms with Crippen LogP contribution in [0.15, 0.2) is 66.7 Å². The number of hydrogen-bond donors (Lipinski definition) is 1. The van der Waals surface area contributed by atoms with Gasteiger partial charge in [0.1, 0.15) is 11.5 Å². The summed E-state index contributed by atoms with van der Waals surface area (Å²) in [7, 11) is 0. The van der Waals surface area contributed by atoms with Crippen molar-refractivity contribution in [2.24, 2.45) is 0 Å². The third-order valence-corrected chi connectivity index (χ3v) is 3.32. The van der Waals surface area contributed by atoms with Crippen LogP contribution in [0.2, 0.25) is 0 Å². The van der Waals surface area contributed by atoms with E-state index in [4.69, 9.17) is 4.74 Å². The fourth-order valence-electron chi connectivity index (χ4n) is 2.28. The van der Waals surface area contributed by atoms with Crippen molar-refractivity contribution in [2.75, 3.05) is 0 Å². The number of para-hydroxylation sites is 1. The van der Waals surface area contributed by atoms with Crippen LogP contribution in [0.25, 0.3) is 10.8 Å². The van der Waals surface area contributed by atoms with Crippen LogP contribution in [0.4, 0.5) is 0 Å². The molecular weight excluding hydrogens is 248 g/mol. The van der Waals surface area contributed by atoms with Gasteiger partial charge in [0, 0.05) is 5.56 Å². The number of hydrogen-bond acceptors (Lipinski definition) is 2. The second-order valence-corrected chi connectivity index (χ2v) is 4.82. The zero-order valence-corrected chi connectivity index (χ0v) is 11.3. The molecule has 3 rings (SSSR count). The first-order valence-corrected chi connectivity index (χ1v) is 6.68. The summed E-state index contributed by atoms with van der Waals surface area (Å²) in [5.74, 6) is 1.47. The molecule has 0 bridgehead atoms. The van der Waals surface area contributed by atoms with Crippen molar-refractivity contribution in [1.82, 2.24) is 0 Å². The van der Waals surface area contributed by atoms with Crippen molar-refractivity contribution >= 4 is 10.8 Å². The van der Waals surface area contributed by atoms with E-state index in [1.54, 1.807) is 6.92 Å². The van der Waals surface area contributed by atoms with Crippen molar-refractivity contribution < 1.29 is 9.84 Å². The van der Waals surface area contributed by atoms with Crippen molar-refractivity contribution in [1.29, 1.82) is 0 Å². The van der Waals surface area contributed by atoms with Gasteiger partial charge in [0.15, 0.2) is 0 Å². The van der Waals surface area contributed by atoms with Crippen LogP contribution in [0.3, 0.4) is 0 Å². The van der Waals surface area contributed by atoms with E-state index in [-0.39, 0.29) is 0 Å². The second-order valence-electron chi connectivity index (χ2n) is 4.82. The Balaban J connectivity index is 1.97. The molecule has 3 aromatic carbocycles. The number of aliphatic hydroxyl groups is 1. The predicted octanol–water partition coefficient (Wildman–Crippen LogP) is 4.69. The van der Waals surface area contributed by atoms with Crippen LogP contribution in [0.1, 0.15) is 18.6 Å². The van der Waals surface area contributed by atoms with Crippen LogP contribution >= 0.6 is 0 Å². The maximum Gasteiger partial charge on any atom is 0.133 e. The highest BCUT2D eigenvalue weighted by Crippen LogP contribution is 2.30. The van der Waals surface area contributed by atoms with E-state index in [0.717, 1.165) is 16.7 Å². The Kier molecular flexibility index (Phi) is 3.40. The maximum atomic E-state index is 9.77. The van der Waals surface area contributed by atoms with E-state index in [0.29, 0.717) is 5.75 Å². The first-order chi connectivity index (χ1) is 9.74. The number of benzene rings is 3. The summed E-state index contributed by atoms with van der Waals surface area (Å²) in [5.41, 5.74) is 0.792. The number of fused-ring (bicyclic) bond motifs is 1. The number of rotatable bonds is 3. The van der Waals surface area contributed by atoms with Crippen molar-refractivity contribution in [2.45, 2.75) is 13.0 Å². The Morgan fingerprint density at radius 1 is 0.850 bits per heavy atom. The van der Waals surface area contributed by atoms with Crippen molar-refractivity contribution in [3.8, 4) is 11.5 Å². The molecular formula is C18H16O2. The third-order valence-electron chi connectivity index (χ3n) is 3.32. The molecule has 0 aromatic heterocycles. The Bertz CT molecular complexity index is 732. The monoisotopic (exact) mass is 264 g/mol. The number of aliphatic hydroxyl groups excluding tert-OH is 1. The van der Waals surface area contributed by atoms with E-state index >= 15 is 0 Å². The minimum atomic E-state index is -0.549. The largest absolute Gasteiger partial charge is 0.457 e. The van der Waals surface area contributed by atoms with Crippen LogP contribution < -0.4 is 4.74 Å². The second kappa shape index (κ2) is 5.35. The molecule has 0 aliphatic rings. The SMILES string of the molecule is C[C@H](O)c1ccccc1Oc1ccc2ccccc2c1. The smallest absolute Gasteiger partial charge is 0.133 e. The lowest BCUT2D eigenvalue weighted by molar-refractivity contribution is 0.195. The highest BCUT2D eigenvalue weighted by Gasteiger charge is 2.09. The molecule has 1 N–H and O–H groups in total. The average molecular weight is 264 g/mol. The Hall–Kier alpha value is -2.32. The minimum absolute atomic E-state index is 0.549. The lowest BCUT2D eigenvalue weighted by Gasteiger charge is -2.13. The highest BCUT2D eigenvalue weighted by molar-refractivity contribution is 5.83. The molecule has 20 heavy (non-hydrogen) atoms. The summed E-state index contributed by atoms with van der Waals surface area (Å²) in [6.07, 6.45) is -0.549. The molecule has 2 heteroatoms. The van der Waals surface area contributed by atoms with E-state index in [1.165, 1.54) is 5.39 Å². The van der Waals surface area contributed by atoms with Crippen LogP contribution in [-0.4, -0.2) is 5.11 Å². The molecule has 3 aromatic rings. The summed E-state index contributed by atoms with van der Waals surface area (Å²) in [6, 6.07) is 21.7. The molecule has 0 saturated heterocycles. The molecule has 0 spiro atoms. The van der Waals surface area contributed by atoms with Gasteiger partial charge in [0.2, 0.25) is 0 Å². The van der Waals surface area contributed by atoms with E-state index < -0.39 is 6.10 Å². The van der Waals surface area contributed by atoms with Crippen LogP contribution in [0.5, 0.6) is 11.5 Å². The highest BCUT2D eigenvalue weighted by atomic mass is 16.5. The van der Waals surface area contributed by atoms with Gasteiger partial charge in [-0.3, -0.25) is 0 Å². The molecule has 0 heterocycles. The first-order valence-electron chi connectivity index (χ1n) is 6.68. The van der Waals surface area contributed by atoms with Gasteiger partial charge in [-0.15, -0.1) is 0 Å². The van der Waals surface area contributed by atoms with Crippen molar-refractivity contribution in [3.63, 3.8) is 0 Å². The normalized spacial score (nSPS) is 12.3. The summed E-state index contributed by atoms with van der Waals surface area (Å²) < 4.78 is 5.92. The van der Waals surface area contributed by atoms with Gasteiger partial charge in [-0.05, 0) is 35.9 Å². The first kappa shape index (κ1) is 12.7. The minimum Gasteiger partial charge on any atom is -0.457 e. The van der Waals surface area contributed by atoms with Gasteiger partial charge in [-0.25, -0.2) is 0 Å². The van der Waals surface area contributed by atoms with Gasteiger partial charge in [-0.2, -0.15) is 0 Å². The molecule has 1 atom stereocenters. The lowest BCUT2D eigenvalue weighted by Crippen LogP contribution is -1.95. The van der Waals surface area contributed by atoms with Crippen LogP contribution in [-0.2, 0) is 0 Å². The fraction of sp³-hybridized carbons (Fsp3) is 0.111. The zero-order valence-electron chi connectivity index (χ0n) is 11.3. The summed E-state index contributed by atoms with van der Waals surface area (Å²) in [6.45, 7) is 1.74. The Morgan fingerprint density at radius 2 is 1.55 bits per heavy atom. The predicted molar refractivity (Wildman–Crippen MR) is 81.1 cm³/mol. The summed E-state index contributed by atoms with van der Waals surface area (Å²) in [5, 5.41) is 12.1. The third kappa shape index (κ3) is 2.51. The zero-order chi connectivity index (χ0) is 13.9. The Labute approximate surface area is 118 Å². The molecule has 0 radical (unpaired) electrons. The van der Waals surface area contributed by atoms with Gasteiger partial charge in [-0.1, -0.05) is 48.5 Å². The molecule has 0 saturated carbocycles. The van der Waals surface area contributed by atoms with Gasteiger partial charge in [0.25, 0.3) is 0 Å². The van der Waals surface area contributed by atoms with E-state index in [1.807, 2.05) is 54.6 Å². The maximum absolute atomic E-state index is 9.77. The lowest BCUT2D eigenvalue weighted by atomic mass is 10.1. The molecule has 2 nitrogen and oxygen atoms in total. The average Bonchev–Trinajstić information content (AvgIpc) is 2.47. The molecule has 0 amide bonds. The molecule has 0 unspecified atom stereocenters. The summed E-state index contributed by atoms with van der Waals surface area (Å²) in [4.78, 5) is 0. The van der Waals surface area contributed by atoms with E-state index in [2.05, 4.69) is 12.1 Å². The topological polar surface area (TPSA) is 29.5 Å². The van der Waals surface area contributed by atoms with E-state index in [9.17, 15) is 5.11 Å². The molecule has 0 fully saturated rings. The fourth-order valence-corrected chi connectivity index (χ4v) is 2.28. The molecule has 0 aliphatic heterocycles. The van der Waals surface area contributed by atoms with Gasteiger partial charge >= 0.3 is 0 Å². The number of ether oxygens (including phenoxy) is 1. The molecule has 0 aliphatic carbocycles. The van der Waals surface area contributed by atoms with Crippen molar-refractivity contribution in [3.05, 3.63) is 72.3 Å². The quantitative estimate of drug-likeness (QED) is 0.744. The van der Waals surface area contributed by atoms with Gasteiger partial charge < -0.3 is 9.84 Å². The van der Waals surface area contributed by atoms with Gasteiger partial charge in [0.05, 0.1) is 6.10 Å². The summed E-state index contributed by atoms with van der Waals surface area (Å²) >= 11 is 0.